The molecule has 0 aromatic heterocycles. The van der Waals surface area contributed by atoms with Crippen molar-refractivity contribution in [1.82, 2.24) is 9.21 Å². The molecule has 0 radical (unpaired) electrons. The quantitative estimate of drug-likeness (QED) is 0.802. The summed E-state index contributed by atoms with van der Waals surface area (Å²) in [5.41, 5.74) is 2.55. The first-order valence-electron chi connectivity index (χ1n) is 9.02. The van der Waals surface area contributed by atoms with Crippen LogP contribution in [0.3, 0.4) is 0 Å². The summed E-state index contributed by atoms with van der Waals surface area (Å²) in [6, 6.07) is 15.0. The van der Waals surface area contributed by atoms with Crippen LogP contribution in [-0.4, -0.2) is 56.3 Å². The van der Waals surface area contributed by atoms with E-state index < -0.39 is 10.0 Å². The third-order valence-electron chi connectivity index (χ3n) is 4.77. The molecule has 1 saturated heterocycles. The molecule has 3 rings (SSSR count). The monoisotopic (exact) mass is 423 g/mol. The summed E-state index contributed by atoms with van der Waals surface area (Å²) in [5.74, 6) is -0.0253. The number of halogens is 1. The van der Waals surface area contributed by atoms with Crippen LogP contribution in [-0.2, 0) is 14.8 Å². The number of piperazine rings is 1. The number of aryl methyl sites for hydroxylation is 2. The van der Waals surface area contributed by atoms with Crippen LogP contribution >= 0.6 is 12.4 Å². The zero-order valence-corrected chi connectivity index (χ0v) is 17.7. The van der Waals surface area contributed by atoms with Crippen molar-refractivity contribution in [2.24, 2.45) is 0 Å². The highest BCUT2D eigenvalue weighted by Gasteiger charge is 2.30. The van der Waals surface area contributed by atoms with Gasteiger partial charge in [-0.05, 0) is 43.2 Å². The molecule has 0 bridgehead atoms. The lowest BCUT2D eigenvalue weighted by atomic mass is 10.2. The van der Waals surface area contributed by atoms with Crippen LogP contribution in [0, 0.1) is 13.8 Å². The highest BCUT2D eigenvalue weighted by molar-refractivity contribution is 7.89. The molecule has 0 unspecified atom stereocenters. The molecule has 2 aromatic carbocycles. The fraction of sp³-hybridized carbons (Fsp3) is 0.350. The molecule has 0 spiro atoms. The molecule has 1 N–H and O–H groups in total. The van der Waals surface area contributed by atoms with E-state index in [9.17, 15) is 13.2 Å². The van der Waals surface area contributed by atoms with Gasteiger partial charge in [0.1, 0.15) is 0 Å². The van der Waals surface area contributed by atoms with E-state index in [1.165, 1.54) is 4.31 Å². The Bertz CT molecular complexity index is 912. The van der Waals surface area contributed by atoms with Gasteiger partial charge in [-0.25, -0.2) is 8.42 Å². The SMILES string of the molecule is Cc1ccc(C)c(S(=O)(=O)N2CCN(C(=O)CNc3ccccc3)CC2)c1.Cl. The fourth-order valence-electron chi connectivity index (χ4n) is 3.15. The number of hydrogen-bond donors (Lipinski definition) is 1. The van der Waals surface area contributed by atoms with E-state index in [0.29, 0.717) is 31.1 Å². The second-order valence-electron chi connectivity index (χ2n) is 6.77. The minimum atomic E-state index is -3.54. The number of rotatable bonds is 5. The maximum Gasteiger partial charge on any atom is 0.243 e. The first-order valence-corrected chi connectivity index (χ1v) is 10.5. The van der Waals surface area contributed by atoms with Crippen LogP contribution in [0.2, 0.25) is 0 Å². The average molecular weight is 424 g/mol. The number of carbonyl (C=O) groups excluding carboxylic acids is 1. The molecule has 1 fully saturated rings. The summed E-state index contributed by atoms with van der Waals surface area (Å²) < 4.78 is 27.4. The van der Waals surface area contributed by atoms with Crippen molar-refractivity contribution < 1.29 is 13.2 Å². The van der Waals surface area contributed by atoms with Gasteiger partial charge < -0.3 is 10.2 Å². The predicted octanol–water partition coefficient (Wildman–Crippen LogP) is 2.67. The van der Waals surface area contributed by atoms with Crippen LogP contribution in [0.4, 0.5) is 5.69 Å². The Labute approximate surface area is 173 Å². The van der Waals surface area contributed by atoms with Crippen molar-refractivity contribution >= 4 is 34.0 Å². The summed E-state index contributed by atoms with van der Waals surface area (Å²) in [4.78, 5) is 14.5. The minimum absolute atomic E-state index is 0. The van der Waals surface area contributed by atoms with Crippen molar-refractivity contribution in [1.29, 1.82) is 0 Å². The summed E-state index contributed by atoms with van der Waals surface area (Å²) in [6.07, 6.45) is 0. The first-order chi connectivity index (χ1) is 12.9. The van der Waals surface area contributed by atoms with Gasteiger partial charge >= 0.3 is 0 Å². The summed E-state index contributed by atoms with van der Waals surface area (Å²) in [6.45, 7) is 5.32. The lowest BCUT2D eigenvalue weighted by Crippen LogP contribution is -2.51. The molecule has 2 aromatic rings. The third kappa shape index (κ3) is 5.04. The summed E-state index contributed by atoms with van der Waals surface area (Å²) in [7, 11) is -3.54. The molecule has 6 nitrogen and oxygen atoms in total. The molecule has 1 aliphatic heterocycles. The normalized spacial score (nSPS) is 15.0. The van der Waals surface area contributed by atoms with E-state index in [1.807, 2.05) is 49.4 Å². The standard InChI is InChI=1S/C20H25N3O3S.ClH/c1-16-8-9-17(2)19(14-16)27(25,26)23-12-10-22(11-13-23)20(24)15-21-18-6-4-3-5-7-18;/h3-9,14,21H,10-13,15H2,1-2H3;1H. The van der Waals surface area contributed by atoms with Gasteiger partial charge in [0.2, 0.25) is 15.9 Å². The first kappa shape index (κ1) is 22.2. The number of para-hydroxylation sites is 1. The Morgan fingerprint density at radius 3 is 2.29 bits per heavy atom. The van der Waals surface area contributed by atoms with E-state index in [1.54, 1.807) is 17.9 Å². The molecule has 8 heteroatoms. The Morgan fingerprint density at radius 2 is 1.64 bits per heavy atom. The van der Waals surface area contributed by atoms with Crippen LogP contribution in [0.15, 0.2) is 53.4 Å². The Morgan fingerprint density at radius 1 is 1.00 bits per heavy atom. The second-order valence-corrected chi connectivity index (χ2v) is 8.68. The van der Waals surface area contributed by atoms with Gasteiger partial charge in [-0.3, -0.25) is 4.79 Å². The van der Waals surface area contributed by atoms with Crippen molar-refractivity contribution in [3.8, 4) is 0 Å². The Balaban J connectivity index is 0.00000280. The average Bonchev–Trinajstić information content (AvgIpc) is 2.68. The van der Waals surface area contributed by atoms with Gasteiger partial charge in [-0.2, -0.15) is 4.31 Å². The number of anilines is 1. The Hall–Kier alpha value is -2.09. The van der Waals surface area contributed by atoms with E-state index >= 15 is 0 Å². The maximum absolute atomic E-state index is 13.0. The molecule has 1 heterocycles. The summed E-state index contributed by atoms with van der Waals surface area (Å²) in [5, 5.41) is 3.10. The molecule has 0 atom stereocenters. The molecule has 0 aliphatic carbocycles. The fourth-order valence-corrected chi connectivity index (χ4v) is 4.88. The minimum Gasteiger partial charge on any atom is -0.376 e. The number of nitrogens with one attached hydrogen (secondary N) is 1. The van der Waals surface area contributed by atoms with Gasteiger partial charge in [0.25, 0.3) is 0 Å². The maximum atomic E-state index is 13.0. The summed E-state index contributed by atoms with van der Waals surface area (Å²) >= 11 is 0. The third-order valence-corrected chi connectivity index (χ3v) is 6.81. The number of carbonyl (C=O) groups is 1. The van der Waals surface area contributed by atoms with E-state index in [-0.39, 0.29) is 24.9 Å². The number of hydrogen-bond acceptors (Lipinski definition) is 4. The van der Waals surface area contributed by atoms with Crippen LogP contribution < -0.4 is 5.32 Å². The smallest absolute Gasteiger partial charge is 0.243 e. The molecule has 1 aliphatic rings. The van der Waals surface area contributed by atoms with Gasteiger partial charge in [-0.15, -0.1) is 12.4 Å². The highest BCUT2D eigenvalue weighted by Crippen LogP contribution is 2.22. The zero-order valence-electron chi connectivity index (χ0n) is 16.1. The van der Waals surface area contributed by atoms with Crippen molar-refractivity contribution in [3.05, 3.63) is 59.7 Å². The molecular weight excluding hydrogens is 398 g/mol. The lowest BCUT2D eigenvalue weighted by molar-refractivity contribution is -0.130. The molecule has 0 saturated carbocycles. The largest absolute Gasteiger partial charge is 0.376 e. The van der Waals surface area contributed by atoms with Gasteiger partial charge in [0.05, 0.1) is 11.4 Å². The van der Waals surface area contributed by atoms with Crippen LogP contribution in [0.1, 0.15) is 11.1 Å². The zero-order chi connectivity index (χ0) is 19.4. The van der Waals surface area contributed by atoms with E-state index in [4.69, 9.17) is 0 Å². The predicted molar refractivity (Wildman–Crippen MR) is 113 cm³/mol. The molecule has 152 valence electrons. The van der Waals surface area contributed by atoms with Crippen molar-refractivity contribution in [3.63, 3.8) is 0 Å². The molecule has 28 heavy (non-hydrogen) atoms. The number of sulfonamides is 1. The number of amides is 1. The van der Waals surface area contributed by atoms with Crippen LogP contribution in [0.25, 0.3) is 0 Å². The lowest BCUT2D eigenvalue weighted by Gasteiger charge is -2.34. The van der Waals surface area contributed by atoms with E-state index in [2.05, 4.69) is 5.32 Å². The topological polar surface area (TPSA) is 69.7 Å². The van der Waals surface area contributed by atoms with Gasteiger partial charge in [-0.1, -0.05) is 30.3 Å². The highest BCUT2D eigenvalue weighted by atomic mass is 35.5. The van der Waals surface area contributed by atoms with Gasteiger partial charge in [0, 0.05) is 31.9 Å². The van der Waals surface area contributed by atoms with Crippen molar-refractivity contribution in [2.75, 3.05) is 38.0 Å². The van der Waals surface area contributed by atoms with E-state index in [0.717, 1.165) is 16.8 Å². The van der Waals surface area contributed by atoms with Crippen LogP contribution in [0.5, 0.6) is 0 Å². The molecule has 1 amide bonds. The second kappa shape index (κ2) is 9.41. The number of benzene rings is 2. The molecular formula is C20H26ClN3O3S. The van der Waals surface area contributed by atoms with Gasteiger partial charge in [0.15, 0.2) is 0 Å². The Kier molecular flexibility index (Phi) is 7.46. The van der Waals surface area contributed by atoms with Crippen molar-refractivity contribution in [2.45, 2.75) is 18.7 Å². The number of nitrogens with zero attached hydrogens (tertiary/aromatic N) is 2.